The number of benzene rings is 2. The molecule has 1 amide bonds. The van der Waals surface area contributed by atoms with Crippen molar-refractivity contribution in [1.29, 1.82) is 0 Å². The van der Waals surface area contributed by atoms with Gasteiger partial charge in [0.15, 0.2) is 11.5 Å². The molecule has 1 N–H and O–H groups in total. The molecule has 1 aromatic heterocycles. The van der Waals surface area contributed by atoms with Crippen LogP contribution in [-0.2, 0) is 17.6 Å². The normalized spacial score (nSPS) is 16.0. The maximum absolute atomic E-state index is 12.4. The zero-order valence-electron chi connectivity index (χ0n) is 16.6. The molecule has 31 heavy (non-hydrogen) atoms. The Labute approximate surface area is 184 Å². The zero-order chi connectivity index (χ0) is 21.2. The van der Waals surface area contributed by atoms with Gasteiger partial charge in [-0.2, -0.15) is 0 Å². The lowest BCUT2D eigenvalue weighted by atomic mass is 10.0. The van der Waals surface area contributed by atoms with E-state index in [0.29, 0.717) is 36.5 Å². The van der Waals surface area contributed by atoms with Gasteiger partial charge in [-0.25, -0.2) is 0 Å². The first kappa shape index (κ1) is 19.6. The lowest BCUT2D eigenvalue weighted by Crippen LogP contribution is -2.34. The molecule has 8 heteroatoms. The Balaban J connectivity index is 1.17. The van der Waals surface area contributed by atoms with Crippen molar-refractivity contribution in [1.82, 2.24) is 15.3 Å². The van der Waals surface area contributed by atoms with E-state index in [9.17, 15) is 4.79 Å². The van der Waals surface area contributed by atoms with E-state index in [4.69, 9.17) is 25.8 Å². The number of carbonyl (C=O) groups excluding carboxylic acids is 1. The third kappa shape index (κ3) is 4.27. The highest BCUT2D eigenvalue weighted by atomic mass is 35.5. The van der Waals surface area contributed by atoms with Crippen molar-refractivity contribution in [3.63, 3.8) is 0 Å². The summed E-state index contributed by atoms with van der Waals surface area (Å²) in [7, 11) is 0. The first-order valence-corrected chi connectivity index (χ1v) is 10.4. The van der Waals surface area contributed by atoms with Crippen LogP contribution < -0.4 is 19.5 Å². The summed E-state index contributed by atoms with van der Waals surface area (Å²) >= 11 is 6.30. The van der Waals surface area contributed by atoms with Crippen LogP contribution in [0, 0.1) is 0 Å². The van der Waals surface area contributed by atoms with Gasteiger partial charge in [-0.15, -0.1) is 0 Å². The van der Waals surface area contributed by atoms with Crippen LogP contribution in [0.15, 0.2) is 48.9 Å². The zero-order valence-corrected chi connectivity index (χ0v) is 17.4. The number of fused-ring (bicyclic) bond motifs is 2. The molecule has 5 rings (SSSR count). The van der Waals surface area contributed by atoms with Gasteiger partial charge in [0.25, 0.3) is 0 Å². The summed E-state index contributed by atoms with van der Waals surface area (Å²) in [6.45, 7) is 0.666. The number of halogens is 1. The maximum atomic E-state index is 12.4. The summed E-state index contributed by atoms with van der Waals surface area (Å²) in [5.74, 6) is 2.20. The van der Waals surface area contributed by atoms with E-state index in [-0.39, 0.29) is 18.8 Å². The van der Waals surface area contributed by atoms with Crippen molar-refractivity contribution in [2.75, 3.05) is 13.3 Å². The molecule has 0 bridgehead atoms. The number of aryl methyl sites for hydroxylation is 1. The molecule has 3 heterocycles. The number of carbonyl (C=O) groups is 1. The molecule has 3 aromatic rings. The molecule has 7 nitrogen and oxygen atoms in total. The highest BCUT2D eigenvalue weighted by Crippen LogP contribution is 2.40. The highest BCUT2D eigenvalue weighted by molar-refractivity contribution is 6.31. The van der Waals surface area contributed by atoms with Crippen LogP contribution in [0.4, 0.5) is 0 Å². The fourth-order valence-electron chi connectivity index (χ4n) is 3.81. The predicted molar refractivity (Wildman–Crippen MR) is 114 cm³/mol. The second-order valence-electron chi connectivity index (χ2n) is 7.47. The average molecular weight is 438 g/mol. The first-order chi connectivity index (χ1) is 15.2. The number of hydrogen-bond acceptors (Lipinski definition) is 6. The largest absolute Gasteiger partial charge is 0.487 e. The van der Waals surface area contributed by atoms with Gasteiger partial charge in [0.1, 0.15) is 11.9 Å². The second-order valence-corrected chi connectivity index (χ2v) is 7.90. The molecular weight excluding hydrogens is 418 g/mol. The Morgan fingerprint density at radius 1 is 1.16 bits per heavy atom. The lowest BCUT2D eigenvalue weighted by Gasteiger charge is -2.13. The van der Waals surface area contributed by atoms with Crippen LogP contribution in [0.5, 0.6) is 17.2 Å². The van der Waals surface area contributed by atoms with E-state index in [1.807, 2.05) is 30.3 Å². The number of nitrogens with zero attached hydrogens (tertiary/aromatic N) is 2. The van der Waals surface area contributed by atoms with Crippen molar-refractivity contribution < 1.29 is 19.0 Å². The van der Waals surface area contributed by atoms with Crippen LogP contribution in [0.25, 0.3) is 11.3 Å². The number of hydrogen-bond donors (Lipinski definition) is 1. The minimum absolute atomic E-state index is 0.0237. The van der Waals surface area contributed by atoms with Crippen molar-refractivity contribution in [2.24, 2.45) is 0 Å². The summed E-state index contributed by atoms with van der Waals surface area (Å²) in [4.78, 5) is 20.8. The number of nitrogens with one attached hydrogen (secondary N) is 1. The lowest BCUT2D eigenvalue weighted by molar-refractivity contribution is -0.121. The quantitative estimate of drug-likeness (QED) is 0.634. The Kier molecular flexibility index (Phi) is 5.34. The Hall–Kier alpha value is -3.32. The molecule has 0 saturated heterocycles. The molecule has 2 aliphatic rings. The predicted octanol–water partition coefficient (Wildman–Crippen LogP) is 3.58. The van der Waals surface area contributed by atoms with Gasteiger partial charge >= 0.3 is 0 Å². The number of amides is 1. The van der Waals surface area contributed by atoms with E-state index >= 15 is 0 Å². The van der Waals surface area contributed by atoms with Crippen molar-refractivity contribution in [3.05, 3.63) is 65.1 Å². The number of aromatic nitrogens is 2. The number of ether oxygens (including phenoxy) is 3. The first-order valence-electron chi connectivity index (χ1n) is 10.1. The Morgan fingerprint density at radius 3 is 2.94 bits per heavy atom. The SMILES string of the molecule is O=C(CCc1ccc2c(c1)OCO2)NC[C@H]1Cc2cc(Cl)cc(-c3cnccn3)c2O1. The summed E-state index contributed by atoms with van der Waals surface area (Å²) in [5.41, 5.74) is 3.56. The molecule has 0 spiro atoms. The van der Waals surface area contributed by atoms with Gasteiger partial charge < -0.3 is 19.5 Å². The fraction of sp³-hybridized carbons (Fsp3) is 0.261. The van der Waals surface area contributed by atoms with Gasteiger partial charge in [-0.1, -0.05) is 17.7 Å². The smallest absolute Gasteiger partial charge is 0.231 e. The van der Waals surface area contributed by atoms with Gasteiger partial charge in [0.05, 0.1) is 18.4 Å². The number of rotatable bonds is 6. The summed E-state index contributed by atoms with van der Waals surface area (Å²) in [6.07, 6.45) is 6.47. The van der Waals surface area contributed by atoms with Crippen LogP contribution in [0.2, 0.25) is 5.02 Å². The van der Waals surface area contributed by atoms with Gasteiger partial charge in [0, 0.05) is 41.4 Å². The monoisotopic (exact) mass is 437 g/mol. The Morgan fingerprint density at radius 2 is 2.06 bits per heavy atom. The molecule has 2 aliphatic heterocycles. The molecule has 2 aromatic carbocycles. The van der Waals surface area contributed by atoms with Gasteiger partial charge in [-0.05, 0) is 36.2 Å². The van der Waals surface area contributed by atoms with Crippen molar-refractivity contribution >= 4 is 17.5 Å². The standard InChI is InChI=1S/C23H20ClN3O4/c24-16-8-15-9-17(31-23(15)18(10-16)19-12-25-5-6-26-19)11-27-22(28)4-2-14-1-3-20-21(7-14)30-13-29-20/h1,3,5-8,10,12,17H,2,4,9,11,13H2,(H,27,28)/t17-/m1/s1. The molecule has 158 valence electrons. The van der Waals surface area contributed by atoms with Crippen molar-refractivity contribution in [3.8, 4) is 28.5 Å². The average Bonchev–Trinajstić information content (AvgIpc) is 3.42. The molecular formula is C23H20ClN3O4. The van der Waals surface area contributed by atoms with Crippen LogP contribution >= 0.6 is 11.6 Å². The summed E-state index contributed by atoms with van der Waals surface area (Å²) in [5, 5.41) is 3.60. The van der Waals surface area contributed by atoms with E-state index < -0.39 is 0 Å². The second kappa shape index (κ2) is 8.43. The van der Waals surface area contributed by atoms with E-state index in [1.165, 1.54) is 0 Å². The topological polar surface area (TPSA) is 82.6 Å². The van der Waals surface area contributed by atoms with E-state index in [2.05, 4.69) is 15.3 Å². The maximum Gasteiger partial charge on any atom is 0.231 e. The van der Waals surface area contributed by atoms with E-state index in [0.717, 1.165) is 33.9 Å². The third-order valence-electron chi connectivity index (χ3n) is 5.31. The van der Waals surface area contributed by atoms with Crippen LogP contribution in [-0.4, -0.2) is 35.3 Å². The molecule has 0 fully saturated rings. The van der Waals surface area contributed by atoms with E-state index in [1.54, 1.807) is 18.6 Å². The molecule has 0 unspecified atom stereocenters. The highest BCUT2D eigenvalue weighted by Gasteiger charge is 2.27. The summed E-state index contributed by atoms with van der Waals surface area (Å²) < 4.78 is 16.8. The summed E-state index contributed by atoms with van der Waals surface area (Å²) in [6, 6.07) is 9.48. The molecule has 1 atom stereocenters. The third-order valence-corrected chi connectivity index (χ3v) is 5.52. The molecule has 0 radical (unpaired) electrons. The fourth-order valence-corrected chi connectivity index (χ4v) is 4.05. The van der Waals surface area contributed by atoms with Gasteiger partial charge in [0.2, 0.25) is 12.7 Å². The minimum Gasteiger partial charge on any atom is -0.487 e. The van der Waals surface area contributed by atoms with Crippen LogP contribution in [0.3, 0.4) is 0 Å². The van der Waals surface area contributed by atoms with Gasteiger partial charge in [-0.3, -0.25) is 14.8 Å². The molecule has 0 saturated carbocycles. The molecule has 0 aliphatic carbocycles. The minimum atomic E-state index is -0.154. The Bertz CT molecular complexity index is 1120. The van der Waals surface area contributed by atoms with Crippen molar-refractivity contribution in [2.45, 2.75) is 25.4 Å². The van der Waals surface area contributed by atoms with Crippen LogP contribution in [0.1, 0.15) is 17.5 Å².